The number of aryl methyl sites for hydroxylation is 1. The lowest BCUT2D eigenvalue weighted by atomic mass is 10.0. The number of carbonyl (C=O) groups is 1. The molecule has 0 aliphatic carbocycles. The number of nitrogens with zero attached hydrogens (tertiary/aromatic N) is 2. The Morgan fingerprint density at radius 3 is 2.57 bits per heavy atom. The van der Waals surface area contributed by atoms with Gasteiger partial charge in [-0.25, -0.2) is 0 Å². The van der Waals surface area contributed by atoms with Crippen LogP contribution in [0.3, 0.4) is 0 Å². The zero-order valence-corrected chi connectivity index (χ0v) is 13.4. The summed E-state index contributed by atoms with van der Waals surface area (Å²) < 4.78 is 2.19. The van der Waals surface area contributed by atoms with Gasteiger partial charge in [0.05, 0.1) is 15.1 Å². The Labute approximate surface area is 138 Å². The Morgan fingerprint density at radius 2 is 1.87 bits per heavy atom. The third kappa shape index (κ3) is 2.64. The third-order valence-corrected chi connectivity index (χ3v) is 4.77. The summed E-state index contributed by atoms with van der Waals surface area (Å²) in [5.74, 6) is -0.366. The van der Waals surface area contributed by atoms with Crippen LogP contribution in [-0.2, 0) is 7.05 Å². The van der Waals surface area contributed by atoms with Crippen molar-refractivity contribution < 1.29 is 9.72 Å². The highest BCUT2D eigenvalue weighted by molar-refractivity contribution is 7.16. The topological polar surface area (TPSA) is 82.2 Å². The van der Waals surface area contributed by atoms with Crippen molar-refractivity contribution in [1.82, 2.24) is 4.57 Å². The summed E-state index contributed by atoms with van der Waals surface area (Å²) in [6, 6.07) is 8.82. The molecule has 0 radical (unpaired) electrons. The summed E-state index contributed by atoms with van der Waals surface area (Å²) in [6.45, 7) is 0. The second kappa shape index (κ2) is 5.60. The number of nitro benzene ring substituents is 1. The molecule has 0 bridgehead atoms. The summed E-state index contributed by atoms with van der Waals surface area (Å²) in [5, 5.41) is 10.9. The highest BCUT2D eigenvalue weighted by atomic mass is 35.5. The van der Waals surface area contributed by atoms with Gasteiger partial charge in [-0.2, -0.15) is 0 Å². The molecule has 0 fully saturated rings. The fraction of sp³-hybridized carbons (Fsp3) is 0.0667. The number of carbonyl (C=O) groups excluding carboxylic acids is 1. The zero-order chi connectivity index (χ0) is 16.7. The average Bonchev–Trinajstić information content (AvgIpc) is 2.81. The van der Waals surface area contributed by atoms with Crippen LogP contribution in [0.2, 0.25) is 5.02 Å². The van der Waals surface area contributed by atoms with Crippen LogP contribution in [0.1, 0.15) is 15.9 Å². The predicted molar refractivity (Wildman–Crippen MR) is 88.6 cm³/mol. The molecule has 1 aromatic heterocycles. The first-order valence-corrected chi connectivity index (χ1v) is 7.66. The average molecular weight is 349 g/mol. The minimum atomic E-state index is -0.634. The lowest BCUT2D eigenvalue weighted by Gasteiger charge is -2.03. The van der Waals surface area contributed by atoms with Crippen molar-refractivity contribution >= 4 is 44.6 Å². The van der Waals surface area contributed by atoms with Gasteiger partial charge in [0, 0.05) is 24.2 Å². The first-order valence-electron chi connectivity index (χ1n) is 6.46. The second-order valence-corrected chi connectivity index (χ2v) is 6.26. The van der Waals surface area contributed by atoms with Crippen molar-refractivity contribution in [3.63, 3.8) is 0 Å². The molecule has 0 atom stereocenters. The van der Waals surface area contributed by atoms with E-state index in [4.69, 9.17) is 11.6 Å². The van der Waals surface area contributed by atoms with Gasteiger partial charge in [0.1, 0.15) is 5.02 Å². The van der Waals surface area contributed by atoms with Crippen LogP contribution in [0.25, 0.3) is 10.2 Å². The number of hydrogen-bond acceptors (Lipinski definition) is 5. The second-order valence-electron chi connectivity index (χ2n) is 4.86. The molecule has 3 aromatic rings. The normalized spacial score (nSPS) is 10.9. The van der Waals surface area contributed by atoms with Gasteiger partial charge in [-0.15, -0.1) is 0 Å². The number of nitro groups is 1. The number of rotatable bonds is 3. The molecule has 2 aromatic carbocycles. The smallest absolute Gasteiger partial charge is 0.302 e. The number of ketones is 1. The molecule has 0 amide bonds. The molecule has 116 valence electrons. The molecule has 0 saturated carbocycles. The van der Waals surface area contributed by atoms with Crippen LogP contribution in [0.15, 0.2) is 41.2 Å². The molecule has 1 heterocycles. The van der Waals surface area contributed by atoms with Crippen LogP contribution in [0.5, 0.6) is 0 Å². The maximum atomic E-state index is 12.5. The maximum absolute atomic E-state index is 12.5. The van der Waals surface area contributed by atoms with E-state index in [1.54, 1.807) is 25.2 Å². The number of fused-ring (bicyclic) bond motifs is 1. The molecule has 23 heavy (non-hydrogen) atoms. The van der Waals surface area contributed by atoms with E-state index >= 15 is 0 Å². The lowest BCUT2D eigenvalue weighted by Crippen LogP contribution is -2.06. The molecule has 8 heteroatoms. The van der Waals surface area contributed by atoms with Crippen LogP contribution in [0, 0.1) is 10.1 Å². The molecule has 0 aliphatic rings. The van der Waals surface area contributed by atoms with E-state index in [-0.39, 0.29) is 26.9 Å². The van der Waals surface area contributed by atoms with Crippen molar-refractivity contribution in [3.8, 4) is 0 Å². The van der Waals surface area contributed by atoms with Gasteiger partial charge in [-0.1, -0.05) is 22.9 Å². The van der Waals surface area contributed by atoms with E-state index in [0.29, 0.717) is 10.3 Å². The lowest BCUT2D eigenvalue weighted by molar-refractivity contribution is -0.384. The maximum Gasteiger partial charge on any atom is 0.307 e. The molecule has 0 aliphatic heterocycles. The largest absolute Gasteiger partial charge is 0.307 e. The Bertz CT molecular complexity index is 1020. The summed E-state index contributed by atoms with van der Waals surface area (Å²) in [5.41, 5.74) is 0.946. The fourth-order valence-corrected chi connectivity index (χ4v) is 3.34. The van der Waals surface area contributed by atoms with Gasteiger partial charge >= 0.3 is 4.87 Å². The minimum Gasteiger partial charge on any atom is -0.302 e. The first-order chi connectivity index (χ1) is 10.9. The van der Waals surface area contributed by atoms with Crippen LogP contribution < -0.4 is 4.87 Å². The Balaban J connectivity index is 2.08. The van der Waals surface area contributed by atoms with Crippen LogP contribution in [-0.4, -0.2) is 15.3 Å². The number of thiazole rings is 1. The number of hydrogen-bond donors (Lipinski definition) is 0. The molecule has 0 unspecified atom stereocenters. The Morgan fingerprint density at radius 1 is 1.22 bits per heavy atom. The van der Waals surface area contributed by atoms with E-state index in [9.17, 15) is 19.7 Å². The van der Waals surface area contributed by atoms with Crippen molar-refractivity contribution in [2.75, 3.05) is 0 Å². The fourth-order valence-electron chi connectivity index (χ4n) is 2.24. The van der Waals surface area contributed by atoms with E-state index in [1.807, 2.05) is 0 Å². The Kier molecular flexibility index (Phi) is 3.75. The van der Waals surface area contributed by atoms with Gasteiger partial charge in [-0.3, -0.25) is 19.7 Å². The highest BCUT2D eigenvalue weighted by Gasteiger charge is 2.18. The molecule has 0 saturated heterocycles. The molecule has 0 N–H and O–H groups in total. The number of benzene rings is 2. The van der Waals surface area contributed by atoms with E-state index in [1.165, 1.54) is 16.7 Å². The standard InChI is InChI=1S/C15H9ClN2O4S/c1-17-11-5-3-9(7-13(11)23-15(17)20)14(19)8-2-4-10(16)12(6-8)18(21)22/h2-7H,1H3. The van der Waals surface area contributed by atoms with Gasteiger partial charge < -0.3 is 4.57 Å². The molecule has 3 rings (SSSR count). The summed E-state index contributed by atoms with van der Waals surface area (Å²) in [4.78, 5) is 34.3. The summed E-state index contributed by atoms with van der Waals surface area (Å²) >= 11 is 6.79. The van der Waals surface area contributed by atoms with Crippen molar-refractivity contribution in [2.24, 2.45) is 7.05 Å². The zero-order valence-electron chi connectivity index (χ0n) is 11.8. The van der Waals surface area contributed by atoms with Gasteiger partial charge in [0.15, 0.2) is 5.78 Å². The third-order valence-electron chi connectivity index (χ3n) is 3.46. The van der Waals surface area contributed by atoms with Gasteiger partial charge in [0.2, 0.25) is 0 Å². The van der Waals surface area contributed by atoms with E-state index < -0.39 is 4.92 Å². The number of aromatic nitrogens is 1. The highest BCUT2D eigenvalue weighted by Crippen LogP contribution is 2.27. The van der Waals surface area contributed by atoms with Crippen molar-refractivity contribution in [2.45, 2.75) is 0 Å². The van der Waals surface area contributed by atoms with Crippen molar-refractivity contribution in [3.05, 3.63) is 72.3 Å². The first kappa shape index (κ1) is 15.4. The predicted octanol–water partition coefficient (Wildman–Crippen LogP) is 3.39. The molecule has 0 spiro atoms. The van der Waals surface area contributed by atoms with E-state index in [2.05, 4.69) is 0 Å². The van der Waals surface area contributed by atoms with Gasteiger partial charge in [0.25, 0.3) is 5.69 Å². The quantitative estimate of drug-likeness (QED) is 0.412. The molecular formula is C15H9ClN2O4S. The molecule has 6 nitrogen and oxygen atoms in total. The monoisotopic (exact) mass is 348 g/mol. The van der Waals surface area contributed by atoms with Crippen LogP contribution >= 0.6 is 22.9 Å². The van der Waals surface area contributed by atoms with Crippen LogP contribution in [0.4, 0.5) is 5.69 Å². The minimum absolute atomic E-state index is 0.0247. The van der Waals surface area contributed by atoms with Crippen molar-refractivity contribution in [1.29, 1.82) is 0 Å². The molecular weight excluding hydrogens is 340 g/mol. The number of halogens is 1. The summed E-state index contributed by atoms with van der Waals surface area (Å²) in [7, 11) is 1.66. The summed E-state index contributed by atoms with van der Waals surface area (Å²) in [6.07, 6.45) is 0. The Hall–Kier alpha value is -2.51. The SMILES string of the molecule is Cn1c(=O)sc2cc(C(=O)c3ccc(Cl)c([N+](=O)[O-])c3)ccc21. The van der Waals surface area contributed by atoms with Gasteiger partial charge in [-0.05, 0) is 30.3 Å². The van der Waals surface area contributed by atoms with E-state index in [0.717, 1.165) is 22.9 Å².